The van der Waals surface area contributed by atoms with E-state index in [1.54, 1.807) is 0 Å². The number of hydrogen-bond donors (Lipinski definition) is 0. The van der Waals surface area contributed by atoms with E-state index < -0.39 is 0 Å². The Morgan fingerprint density at radius 2 is 0.699 bits per heavy atom. The molecule has 1 saturated heterocycles. The maximum absolute atomic E-state index is 17.0. The number of carbonyl (C=O) groups is 1. The Balaban J connectivity index is 1.11. The van der Waals surface area contributed by atoms with Gasteiger partial charge in [-0.25, -0.2) is 14.6 Å². The molecule has 3 aliphatic heterocycles. The third-order valence-electron chi connectivity index (χ3n) is 16.3. The smallest absolute Gasteiger partial charge is 0.309 e. The van der Waals surface area contributed by atoms with Gasteiger partial charge in [0.15, 0.2) is 0 Å². The molecule has 0 atom stereocenters. The molecule has 0 aliphatic carbocycles. The van der Waals surface area contributed by atoms with Gasteiger partial charge in [0.25, 0.3) is 0 Å². The first kappa shape index (κ1) is 43.1. The normalized spacial score (nSPS) is 14.5. The van der Waals surface area contributed by atoms with Gasteiger partial charge in [-0.3, -0.25) is 4.90 Å². The second-order valence-electron chi connectivity index (χ2n) is 20.3. The summed E-state index contributed by atoms with van der Waals surface area (Å²) in [7, 11) is 0. The number of urea groups is 1. The standard InChI is InChI=1S/C65H51B2N5O/c1-40-20-17-21-41(2)60(40)66-44(5)63-70(48-34-36-52-50-28-13-15-32-56(50)68(58(52)38-48)46-24-9-7-10-25-46)65(73)71(49-35-37-53-51-29-14-16-33-57(51)69(59(53)39-49)47-26-11-8-12-27-47)64-45(6)67(61-42(3)22-18-23-43(61)4)55-31-19-30-54(66)62(55)72(63)64/h7-39H,1-6H3. The molecule has 0 spiro atoms. The molecule has 9 aromatic carbocycles. The van der Waals surface area contributed by atoms with Gasteiger partial charge in [-0.15, -0.1) is 0 Å². The molecule has 348 valence electrons. The fourth-order valence-corrected chi connectivity index (χ4v) is 13.2. The highest BCUT2D eigenvalue weighted by molar-refractivity contribution is 6.97. The second-order valence-corrected chi connectivity index (χ2v) is 20.3. The Bertz CT molecular complexity index is 3920. The second kappa shape index (κ2) is 16.1. The van der Waals surface area contributed by atoms with Crippen LogP contribution in [0.2, 0.25) is 0 Å². The van der Waals surface area contributed by atoms with E-state index in [9.17, 15) is 0 Å². The van der Waals surface area contributed by atoms with Crippen LogP contribution in [0.1, 0.15) is 36.1 Å². The maximum Gasteiger partial charge on any atom is 0.340 e. The summed E-state index contributed by atoms with van der Waals surface area (Å²) in [5.74, 6) is 1.76. The summed E-state index contributed by atoms with van der Waals surface area (Å²) in [5.41, 5.74) is 21.4. The molecular formula is C65H51B2N5O. The van der Waals surface area contributed by atoms with Crippen molar-refractivity contribution in [2.45, 2.75) is 41.5 Å². The predicted molar refractivity (Wildman–Crippen MR) is 308 cm³/mol. The Kier molecular flexibility index (Phi) is 9.53. The summed E-state index contributed by atoms with van der Waals surface area (Å²) in [4.78, 5) is 23.5. The zero-order valence-electron chi connectivity index (χ0n) is 41.9. The highest BCUT2D eigenvalue weighted by Gasteiger charge is 2.53. The average Bonchev–Trinajstić information content (AvgIpc) is 3.93. The zero-order valence-corrected chi connectivity index (χ0v) is 41.9. The molecule has 73 heavy (non-hydrogen) atoms. The van der Waals surface area contributed by atoms with Gasteiger partial charge in [-0.1, -0.05) is 184 Å². The van der Waals surface area contributed by atoms with Crippen molar-refractivity contribution in [1.82, 2.24) is 9.13 Å². The van der Waals surface area contributed by atoms with Crippen LogP contribution < -0.4 is 36.6 Å². The highest BCUT2D eigenvalue weighted by Crippen LogP contribution is 2.48. The topological polar surface area (TPSA) is 36.7 Å². The van der Waals surface area contributed by atoms with Gasteiger partial charge in [0, 0.05) is 38.6 Å². The Morgan fingerprint density at radius 1 is 0.329 bits per heavy atom. The number of allylic oxidation sites excluding steroid dienone is 2. The van der Waals surface area contributed by atoms with Crippen LogP contribution in [0.5, 0.6) is 0 Å². The third-order valence-corrected chi connectivity index (χ3v) is 16.3. The van der Waals surface area contributed by atoms with Crippen LogP contribution in [0.3, 0.4) is 0 Å². The van der Waals surface area contributed by atoms with E-state index in [0.717, 1.165) is 94.6 Å². The lowest BCUT2D eigenvalue weighted by atomic mass is 9.29. The molecule has 14 rings (SSSR count). The molecule has 1 fully saturated rings. The first-order valence-electron chi connectivity index (χ1n) is 25.5. The molecule has 5 heterocycles. The molecule has 0 N–H and O–H groups in total. The van der Waals surface area contributed by atoms with E-state index in [0.29, 0.717) is 0 Å². The monoisotopic (exact) mass is 939 g/mol. The number of aromatic nitrogens is 2. The van der Waals surface area contributed by atoms with Crippen LogP contribution in [-0.2, 0) is 0 Å². The van der Waals surface area contributed by atoms with E-state index >= 15 is 4.79 Å². The number of rotatable bonds is 6. The number of hydrogen-bond acceptors (Lipinski definition) is 2. The van der Waals surface area contributed by atoms with Gasteiger partial charge in [-0.2, -0.15) is 0 Å². The van der Waals surface area contributed by atoms with E-state index in [2.05, 4.69) is 256 Å². The number of fused-ring (bicyclic) bond motifs is 6. The average molecular weight is 940 g/mol. The van der Waals surface area contributed by atoms with Crippen molar-refractivity contribution < 1.29 is 4.79 Å². The molecule has 8 heteroatoms. The van der Waals surface area contributed by atoms with Gasteiger partial charge >= 0.3 is 6.03 Å². The van der Waals surface area contributed by atoms with Crippen LogP contribution in [0, 0.1) is 27.7 Å². The number of amides is 2. The lowest BCUT2D eigenvalue weighted by Gasteiger charge is -2.54. The molecule has 3 aliphatic rings. The van der Waals surface area contributed by atoms with Crippen molar-refractivity contribution in [3.63, 3.8) is 0 Å². The lowest BCUT2D eigenvalue weighted by molar-refractivity contribution is 0.252. The number of para-hydroxylation sites is 5. The Labute approximate surface area is 426 Å². The number of carbonyl (C=O) groups excluding carboxylic acids is 1. The van der Waals surface area contributed by atoms with Gasteiger partial charge < -0.3 is 9.13 Å². The quantitative estimate of drug-likeness (QED) is 0.156. The van der Waals surface area contributed by atoms with Gasteiger partial charge in [-0.05, 0) is 113 Å². The first-order chi connectivity index (χ1) is 35.7. The van der Waals surface area contributed by atoms with Crippen molar-refractivity contribution >= 4 is 102 Å². The SMILES string of the molecule is CC1=C2N(c3ccc4c5ccccc5n(-c5ccccc5)c4c3)C(=O)N(c3ccc4c5ccccc5n(-c5ccccc5)c4c3)C3=C(C)B(c4c(C)cccc4C)c4cccc(c4N23)B1c1c(C)cccc1C. The summed E-state index contributed by atoms with van der Waals surface area (Å²) in [6.45, 7) is 13.2. The van der Waals surface area contributed by atoms with E-state index in [4.69, 9.17) is 0 Å². The van der Waals surface area contributed by atoms with Crippen LogP contribution in [0.4, 0.5) is 21.9 Å². The summed E-state index contributed by atoms with van der Waals surface area (Å²) in [5, 5.41) is 4.59. The fraction of sp³-hybridized carbons (Fsp3) is 0.0923. The van der Waals surface area contributed by atoms with Crippen molar-refractivity contribution in [3.05, 3.63) is 245 Å². The van der Waals surface area contributed by atoms with Crippen molar-refractivity contribution in [3.8, 4) is 11.4 Å². The first-order valence-corrected chi connectivity index (χ1v) is 25.5. The molecular weight excluding hydrogens is 888 g/mol. The largest absolute Gasteiger partial charge is 0.340 e. The molecule has 0 unspecified atom stereocenters. The van der Waals surface area contributed by atoms with Crippen LogP contribution in [-0.4, -0.2) is 28.6 Å². The molecule has 0 bridgehead atoms. The minimum atomic E-state index is -0.133. The summed E-state index contributed by atoms with van der Waals surface area (Å²) in [6, 6.07) is 71.8. The van der Waals surface area contributed by atoms with Crippen LogP contribution >= 0.6 is 0 Å². The Morgan fingerprint density at radius 3 is 1.12 bits per heavy atom. The van der Waals surface area contributed by atoms with Crippen molar-refractivity contribution in [2.24, 2.45) is 0 Å². The number of aryl methyl sites for hydroxylation is 4. The van der Waals surface area contributed by atoms with Crippen molar-refractivity contribution in [1.29, 1.82) is 0 Å². The third kappa shape index (κ3) is 6.10. The number of anilines is 3. The Hall–Kier alpha value is -8.74. The summed E-state index contributed by atoms with van der Waals surface area (Å²) in [6.07, 6.45) is 0. The minimum absolute atomic E-state index is 0.125. The van der Waals surface area contributed by atoms with Gasteiger partial charge in [0.2, 0.25) is 13.4 Å². The van der Waals surface area contributed by atoms with Gasteiger partial charge in [0.1, 0.15) is 11.6 Å². The number of benzene rings is 9. The summed E-state index contributed by atoms with van der Waals surface area (Å²) < 4.78 is 4.69. The van der Waals surface area contributed by atoms with Crippen LogP contribution in [0.25, 0.3) is 55.0 Å². The molecule has 2 aromatic heterocycles. The van der Waals surface area contributed by atoms with Gasteiger partial charge in [0.05, 0.1) is 33.4 Å². The summed E-state index contributed by atoms with van der Waals surface area (Å²) >= 11 is 0. The van der Waals surface area contributed by atoms with Crippen LogP contribution in [0.15, 0.2) is 223 Å². The maximum atomic E-state index is 17.0. The fourth-order valence-electron chi connectivity index (χ4n) is 13.2. The molecule has 6 nitrogen and oxygen atoms in total. The molecule has 2 amide bonds. The zero-order chi connectivity index (χ0) is 49.4. The van der Waals surface area contributed by atoms with E-state index in [1.165, 1.54) is 44.1 Å². The van der Waals surface area contributed by atoms with Crippen molar-refractivity contribution in [2.75, 3.05) is 14.7 Å². The number of nitrogens with zero attached hydrogens (tertiary/aromatic N) is 5. The molecule has 0 saturated carbocycles. The molecule has 11 aromatic rings. The molecule has 0 radical (unpaired) electrons. The van der Waals surface area contributed by atoms with E-state index in [1.807, 2.05) is 9.80 Å². The minimum Gasteiger partial charge on any atom is -0.309 e. The predicted octanol–water partition coefficient (Wildman–Crippen LogP) is 12.9. The lowest BCUT2D eigenvalue weighted by Crippen LogP contribution is -2.67. The highest BCUT2D eigenvalue weighted by atomic mass is 16.2. The van der Waals surface area contributed by atoms with E-state index in [-0.39, 0.29) is 19.5 Å².